The van der Waals surface area contributed by atoms with Gasteiger partial charge in [-0.3, -0.25) is 9.89 Å². The molecule has 0 aliphatic rings. The lowest BCUT2D eigenvalue weighted by atomic mass is 9.93. The smallest absolute Gasteiger partial charge is 0.408 e. The molecule has 0 fully saturated rings. The zero-order valence-corrected chi connectivity index (χ0v) is 23.0. The second-order valence-corrected chi connectivity index (χ2v) is 10.4. The van der Waals surface area contributed by atoms with Crippen molar-refractivity contribution in [1.82, 2.24) is 20.8 Å². The van der Waals surface area contributed by atoms with Gasteiger partial charge >= 0.3 is 6.09 Å². The maximum absolute atomic E-state index is 13.5. The van der Waals surface area contributed by atoms with Crippen LogP contribution in [0.25, 0.3) is 10.9 Å². The van der Waals surface area contributed by atoms with Crippen molar-refractivity contribution in [2.24, 2.45) is 5.73 Å². The molecule has 0 bridgehead atoms. The minimum Gasteiger partial charge on any atom is -0.447 e. The lowest BCUT2D eigenvalue weighted by Crippen LogP contribution is -2.59. The third-order valence-corrected chi connectivity index (χ3v) is 6.93. The Morgan fingerprint density at radius 2 is 1.71 bits per heavy atom. The van der Waals surface area contributed by atoms with Crippen LogP contribution in [-0.4, -0.2) is 40.4 Å². The van der Waals surface area contributed by atoms with Crippen LogP contribution in [0.1, 0.15) is 83.0 Å². The summed E-state index contributed by atoms with van der Waals surface area (Å²) in [6, 6.07) is 16.9. The molecule has 38 heavy (non-hydrogen) atoms. The van der Waals surface area contributed by atoms with Gasteiger partial charge < -0.3 is 21.1 Å². The van der Waals surface area contributed by atoms with Crippen LogP contribution in [-0.2, 0) is 16.0 Å². The molecule has 1 aromatic heterocycles. The number of fused-ring (bicyclic) bond motifs is 1. The highest BCUT2D eigenvalue weighted by molar-refractivity contribution is 5.91. The zero-order valence-electron chi connectivity index (χ0n) is 23.0. The molecule has 0 saturated heterocycles. The third-order valence-electron chi connectivity index (χ3n) is 6.93. The van der Waals surface area contributed by atoms with Gasteiger partial charge in [-0.05, 0) is 38.3 Å². The number of carbonyl (C=O) groups is 2. The Bertz CT molecular complexity index is 1150. The Morgan fingerprint density at radius 3 is 2.47 bits per heavy atom. The molecule has 3 atom stereocenters. The first-order valence-electron chi connectivity index (χ1n) is 13.8. The van der Waals surface area contributed by atoms with E-state index >= 15 is 0 Å². The number of unbranched alkanes of at least 4 members (excludes halogenated alkanes) is 5. The van der Waals surface area contributed by atoms with Crippen molar-refractivity contribution in [1.29, 1.82) is 0 Å². The van der Waals surface area contributed by atoms with E-state index < -0.39 is 11.6 Å². The highest BCUT2D eigenvalue weighted by atomic mass is 16.6. The number of para-hydroxylation sites is 1. The van der Waals surface area contributed by atoms with Crippen LogP contribution in [0.5, 0.6) is 0 Å². The molecule has 8 heteroatoms. The van der Waals surface area contributed by atoms with Crippen molar-refractivity contribution < 1.29 is 14.3 Å². The Balaban J connectivity index is 1.65. The zero-order chi connectivity index (χ0) is 27.4. The molecule has 3 rings (SSSR count). The van der Waals surface area contributed by atoms with Crippen LogP contribution in [0, 0.1) is 0 Å². The molecule has 0 aliphatic carbocycles. The summed E-state index contributed by atoms with van der Waals surface area (Å²) in [5, 5.41) is 14.1. The number of nitrogens with one attached hydrogen (secondary N) is 3. The number of hydrogen-bond donors (Lipinski definition) is 4. The van der Waals surface area contributed by atoms with E-state index in [0.29, 0.717) is 0 Å². The van der Waals surface area contributed by atoms with E-state index in [2.05, 4.69) is 27.8 Å². The maximum atomic E-state index is 13.5. The van der Waals surface area contributed by atoms with Crippen LogP contribution in [0.3, 0.4) is 0 Å². The Labute approximate surface area is 226 Å². The molecule has 2 aromatic carbocycles. The van der Waals surface area contributed by atoms with Crippen molar-refractivity contribution in [2.45, 2.75) is 89.8 Å². The second-order valence-electron chi connectivity index (χ2n) is 10.4. The van der Waals surface area contributed by atoms with Gasteiger partial charge in [0.1, 0.15) is 11.6 Å². The quantitative estimate of drug-likeness (QED) is 0.195. The van der Waals surface area contributed by atoms with E-state index in [9.17, 15) is 9.59 Å². The number of hydrogen-bond acceptors (Lipinski definition) is 5. The first-order chi connectivity index (χ1) is 18.3. The van der Waals surface area contributed by atoms with Gasteiger partial charge in [0.25, 0.3) is 0 Å². The molecule has 0 spiro atoms. The average Bonchev–Trinajstić information content (AvgIpc) is 3.31. The number of aromatic amines is 1. The van der Waals surface area contributed by atoms with E-state index in [-0.39, 0.29) is 31.0 Å². The van der Waals surface area contributed by atoms with E-state index in [1.54, 1.807) is 6.92 Å². The summed E-state index contributed by atoms with van der Waals surface area (Å²) in [6.07, 6.45) is 7.21. The molecule has 0 aliphatic heterocycles. The van der Waals surface area contributed by atoms with Gasteiger partial charge in [-0.1, -0.05) is 87.6 Å². The van der Waals surface area contributed by atoms with Crippen LogP contribution < -0.4 is 16.4 Å². The summed E-state index contributed by atoms with van der Waals surface area (Å²) >= 11 is 0. The normalized spacial score (nSPS) is 14.4. The summed E-state index contributed by atoms with van der Waals surface area (Å²) in [6.45, 7) is 6.03. The highest BCUT2D eigenvalue weighted by Crippen LogP contribution is 2.22. The van der Waals surface area contributed by atoms with E-state index in [1.807, 2.05) is 61.5 Å². The fourth-order valence-corrected chi connectivity index (χ4v) is 4.61. The number of nitrogens with zero attached hydrogens (tertiary/aromatic N) is 1. The maximum Gasteiger partial charge on any atom is 0.408 e. The minimum atomic E-state index is -1.29. The third kappa shape index (κ3) is 8.58. The molecule has 206 valence electrons. The lowest BCUT2D eigenvalue weighted by Gasteiger charge is -2.30. The van der Waals surface area contributed by atoms with E-state index in [1.165, 1.54) is 25.7 Å². The fraction of sp³-hybridized carbons (Fsp3) is 0.500. The van der Waals surface area contributed by atoms with Crippen LogP contribution >= 0.6 is 0 Å². The second kappa shape index (κ2) is 14.5. The number of benzene rings is 2. The summed E-state index contributed by atoms with van der Waals surface area (Å²) in [4.78, 5) is 26.4. The molecule has 1 heterocycles. The summed E-state index contributed by atoms with van der Waals surface area (Å²) < 4.78 is 5.64. The number of carbonyl (C=O) groups excluding carboxylic acids is 2. The first-order valence-corrected chi connectivity index (χ1v) is 13.8. The molecule has 8 nitrogen and oxygen atoms in total. The number of amides is 2. The molecule has 2 amide bonds. The van der Waals surface area contributed by atoms with Crippen LogP contribution in [0.4, 0.5) is 4.79 Å². The topological polar surface area (TPSA) is 122 Å². The van der Waals surface area contributed by atoms with Gasteiger partial charge in [0, 0.05) is 30.1 Å². The molecule has 3 unspecified atom stereocenters. The van der Waals surface area contributed by atoms with E-state index in [4.69, 9.17) is 10.5 Å². The monoisotopic (exact) mass is 521 g/mol. The lowest BCUT2D eigenvalue weighted by molar-refractivity contribution is -0.127. The van der Waals surface area contributed by atoms with Crippen LogP contribution in [0.15, 0.2) is 54.6 Å². The number of ether oxygens (including phenoxy) is 1. The molecular formula is C30H43N5O3. The Kier molecular flexibility index (Phi) is 11.1. The molecule has 3 aromatic rings. The number of rotatable bonds is 15. The van der Waals surface area contributed by atoms with Crippen LogP contribution in [0.2, 0.25) is 0 Å². The van der Waals surface area contributed by atoms with Gasteiger partial charge in [0.15, 0.2) is 0 Å². The highest BCUT2D eigenvalue weighted by Gasteiger charge is 2.37. The predicted octanol–water partition coefficient (Wildman–Crippen LogP) is 5.55. The SMILES string of the molecule is CCCCCCCCC(C)OC(=O)NC(C)(Cc1[nH]nc2ccccc12)C(=O)NCC(N)c1ccccc1. The molecular weight excluding hydrogens is 478 g/mol. The fourth-order valence-electron chi connectivity index (χ4n) is 4.61. The van der Waals surface area contributed by atoms with Crippen molar-refractivity contribution in [3.8, 4) is 0 Å². The Morgan fingerprint density at radius 1 is 1.03 bits per heavy atom. The Hall–Kier alpha value is -3.39. The molecule has 0 saturated carbocycles. The van der Waals surface area contributed by atoms with Crippen molar-refractivity contribution >= 4 is 22.9 Å². The number of H-pyrrole nitrogens is 1. The molecule has 0 radical (unpaired) electrons. The standard InChI is InChI=1S/C30H43N5O3/c1-4-5-6-7-8-10-15-22(2)38-29(37)33-30(3,20-27-24-18-13-14-19-26(24)34-35-27)28(36)32-21-25(31)23-16-11-9-12-17-23/h9,11-14,16-19,22,25H,4-8,10,15,20-21,31H2,1-3H3,(H,32,36)(H,33,37)(H,34,35). The number of alkyl carbamates (subject to hydrolysis) is 1. The summed E-state index contributed by atoms with van der Waals surface area (Å²) in [5.74, 6) is -0.344. The van der Waals surface area contributed by atoms with Gasteiger partial charge in [0.2, 0.25) is 5.91 Å². The number of nitrogens with two attached hydrogens (primary N) is 1. The number of aromatic nitrogens is 2. The van der Waals surface area contributed by atoms with Gasteiger partial charge in [-0.25, -0.2) is 4.79 Å². The molecule has 5 N–H and O–H groups in total. The minimum absolute atomic E-state index is 0.209. The van der Waals surface area contributed by atoms with Crippen molar-refractivity contribution in [3.05, 3.63) is 65.9 Å². The summed E-state index contributed by atoms with van der Waals surface area (Å²) in [5.41, 5.74) is 7.49. The average molecular weight is 522 g/mol. The van der Waals surface area contributed by atoms with Crippen molar-refractivity contribution in [3.63, 3.8) is 0 Å². The van der Waals surface area contributed by atoms with Gasteiger partial charge in [0.05, 0.1) is 5.52 Å². The first kappa shape index (κ1) is 29.2. The largest absolute Gasteiger partial charge is 0.447 e. The predicted molar refractivity (Wildman–Crippen MR) is 152 cm³/mol. The van der Waals surface area contributed by atoms with Gasteiger partial charge in [-0.2, -0.15) is 5.10 Å². The van der Waals surface area contributed by atoms with Gasteiger partial charge in [-0.15, -0.1) is 0 Å². The summed E-state index contributed by atoms with van der Waals surface area (Å²) in [7, 11) is 0. The van der Waals surface area contributed by atoms with E-state index in [0.717, 1.165) is 41.4 Å². The van der Waals surface area contributed by atoms with Crippen molar-refractivity contribution in [2.75, 3.05) is 6.54 Å².